The number of nitrogens with two attached hydrogens (primary N) is 1. The molecule has 0 saturated carbocycles. The Morgan fingerprint density at radius 3 is 2.29 bits per heavy atom. The van der Waals surface area contributed by atoms with Crippen molar-refractivity contribution in [3.8, 4) is 0 Å². The van der Waals surface area contributed by atoms with Crippen LogP contribution in [-0.4, -0.2) is 29.9 Å². The van der Waals surface area contributed by atoms with E-state index in [-0.39, 0.29) is 23.3 Å². The summed E-state index contributed by atoms with van der Waals surface area (Å²) in [7, 11) is 0. The average molecular weight is 200 g/mol. The number of hydrogen-bond acceptors (Lipinski definition) is 3. The van der Waals surface area contributed by atoms with Crippen molar-refractivity contribution < 1.29 is 4.79 Å². The first-order valence-corrected chi connectivity index (χ1v) is 4.58. The molecule has 5 heteroatoms. The van der Waals surface area contributed by atoms with Crippen LogP contribution in [0.3, 0.4) is 0 Å². The first-order chi connectivity index (χ1) is 6.22. The zero-order chi connectivity index (χ0) is 11.4. The van der Waals surface area contributed by atoms with E-state index in [0.29, 0.717) is 6.54 Å². The fourth-order valence-electron chi connectivity index (χ4n) is 1.03. The summed E-state index contributed by atoms with van der Waals surface area (Å²) >= 11 is 0. The van der Waals surface area contributed by atoms with Crippen LogP contribution in [-0.2, 0) is 4.79 Å². The van der Waals surface area contributed by atoms with Gasteiger partial charge >= 0.3 is 0 Å². The highest BCUT2D eigenvalue weighted by Gasteiger charge is 2.20. The molecule has 0 bridgehead atoms. The van der Waals surface area contributed by atoms with Gasteiger partial charge in [-0.25, -0.2) is 0 Å². The van der Waals surface area contributed by atoms with Gasteiger partial charge in [-0.3, -0.25) is 10.2 Å². The summed E-state index contributed by atoms with van der Waals surface area (Å²) in [4.78, 5) is 11.2. The van der Waals surface area contributed by atoms with E-state index < -0.39 is 0 Å². The van der Waals surface area contributed by atoms with Crippen molar-refractivity contribution in [2.75, 3.05) is 6.54 Å². The Kier molecular flexibility index (Phi) is 4.56. The van der Waals surface area contributed by atoms with Gasteiger partial charge in [-0.1, -0.05) is 0 Å². The van der Waals surface area contributed by atoms with Crippen LogP contribution in [0.5, 0.6) is 0 Å². The van der Waals surface area contributed by atoms with Gasteiger partial charge in [0.2, 0.25) is 0 Å². The molecule has 0 aliphatic carbocycles. The maximum absolute atomic E-state index is 11.2. The van der Waals surface area contributed by atoms with E-state index in [0.717, 1.165) is 0 Å². The molecule has 0 radical (unpaired) electrons. The SMILES string of the molecule is CC(=O)[C@H](CNC(=N)N)NC(C)(C)C. The smallest absolute Gasteiger partial charge is 0.185 e. The summed E-state index contributed by atoms with van der Waals surface area (Å²) in [5, 5.41) is 12.8. The summed E-state index contributed by atoms with van der Waals surface area (Å²) < 4.78 is 0. The highest BCUT2D eigenvalue weighted by molar-refractivity contribution is 5.83. The number of carbonyl (C=O) groups excluding carboxylic acids is 1. The third-order valence-corrected chi connectivity index (χ3v) is 1.59. The lowest BCUT2D eigenvalue weighted by molar-refractivity contribution is -0.119. The lowest BCUT2D eigenvalue weighted by atomic mass is 10.1. The molecule has 14 heavy (non-hydrogen) atoms. The Morgan fingerprint density at radius 2 is 2.00 bits per heavy atom. The topological polar surface area (TPSA) is 91.0 Å². The molecule has 82 valence electrons. The number of Topliss-reactive ketones (excluding diaryl/α,β-unsaturated/α-hetero) is 1. The van der Waals surface area contributed by atoms with Gasteiger partial charge in [-0.15, -0.1) is 0 Å². The Hall–Kier alpha value is -1.10. The molecule has 0 fully saturated rings. The van der Waals surface area contributed by atoms with Crippen molar-refractivity contribution in [1.82, 2.24) is 10.6 Å². The monoisotopic (exact) mass is 200 g/mol. The lowest BCUT2D eigenvalue weighted by Gasteiger charge is -2.27. The number of ketones is 1. The lowest BCUT2D eigenvalue weighted by Crippen LogP contribution is -2.53. The summed E-state index contributed by atoms with van der Waals surface area (Å²) in [5.74, 6) is -0.0827. The van der Waals surface area contributed by atoms with Gasteiger partial charge in [0, 0.05) is 12.1 Å². The molecule has 0 saturated heterocycles. The predicted molar refractivity (Wildman–Crippen MR) is 57.3 cm³/mol. The van der Waals surface area contributed by atoms with Crippen LogP contribution in [0.25, 0.3) is 0 Å². The number of carbonyl (C=O) groups is 1. The predicted octanol–water partition coefficient (Wildman–Crippen LogP) is -0.185. The highest BCUT2D eigenvalue weighted by Crippen LogP contribution is 2.01. The van der Waals surface area contributed by atoms with Crippen LogP contribution in [0.15, 0.2) is 0 Å². The van der Waals surface area contributed by atoms with Crippen molar-refractivity contribution in [3.63, 3.8) is 0 Å². The first-order valence-electron chi connectivity index (χ1n) is 4.58. The van der Waals surface area contributed by atoms with E-state index in [2.05, 4.69) is 10.6 Å². The van der Waals surface area contributed by atoms with Crippen molar-refractivity contribution in [1.29, 1.82) is 5.41 Å². The minimum absolute atomic E-state index is 0.0358. The normalized spacial score (nSPS) is 13.4. The Balaban J connectivity index is 4.17. The summed E-state index contributed by atoms with van der Waals surface area (Å²) in [6, 6.07) is -0.307. The maximum Gasteiger partial charge on any atom is 0.185 e. The number of rotatable bonds is 4. The minimum atomic E-state index is -0.307. The summed E-state index contributed by atoms with van der Waals surface area (Å²) in [5.41, 5.74) is 5.01. The second kappa shape index (κ2) is 4.95. The van der Waals surface area contributed by atoms with Crippen LogP contribution >= 0.6 is 0 Å². The molecule has 0 heterocycles. The third-order valence-electron chi connectivity index (χ3n) is 1.59. The Labute approximate surface area is 84.9 Å². The molecule has 0 amide bonds. The maximum atomic E-state index is 11.2. The highest BCUT2D eigenvalue weighted by atomic mass is 16.1. The molecule has 1 atom stereocenters. The zero-order valence-corrected chi connectivity index (χ0v) is 9.27. The van der Waals surface area contributed by atoms with Gasteiger partial charge in [-0.2, -0.15) is 0 Å². The van der Waals surface area contributed by atoms with E-state index in [1.807, 2.05) is 20.8 Å². The fraction of sp³-hybridized carbons (Fsp3) is 0.778. The zero-order valence-electron chi connectivity index (χ0n) is 9.27. The molecule has 5 N–H and O–H groups in total. The van der Waals surface area contributed by atoms with E-state index in [4.69, 9.17) is 11.1 Å². The molecule has 0 unspecified atom stereocenters. The van der Waals surface area contributed by atoms with Crippen LogP contribution in [0.1, 0.15) is 27.7 Å². The molecule has 0 aliphatic rings. The van der Waals surface area contributed by atoms with Gasteiger partial charge in [0.25, 0.3) is 0 Å². The standard InChI is InChI=1S/C9H20N4O/c1-6(14)7(5-12-8(10)11)13-9(2,3)4/h7,13H,5H2,1-4H3,(H4,10,11,12)/t7-/m0/s1. The molecular weight excluding hydrogens is 180 g/mol. The van der Waals surface area contributed by atoms with Crippen molar-refractivity contribution in [3.05, 3.63) is 0 Å². The van der Waals surface area contributed by atoms with Gasteiger partial charge in [0.05, 0.1) is 6.04 Å². The molecule has 0 aliphatic heterocycles. The quantitative estimate of drug-likeness (QED) is 0.374. The van der Waals surface area contributed by atoms with E-state index in [1.54, 1.807) is 0 Å². The van der Waals surface area contributed by atoms with Crippen molar-refractivity contribution >= 4 is 11.7 Å². The van der Waals surface area contributed by atoms with Crippen LogP contribution in [0.2, 0.25) is 0 Å². The van der Waals surface area contributed by atoms with E-state index >= 15 is 0 Å². The Bertz CT molecular complexity index is 219. The van der Waals surface area contributed by atoms with Gasteiger partial charge in [0.15, 0.2) is 5.96 Å². The second-order valence-electron chi connectivity index (χ2n) is 4.35. The van der Waals surface area contributed by atoms with Crippen LogP contribution in [0, 0.1) is 5.41 Å². The molecule has 0 rings (SSSR count). The molecule has 0 aromatic rings. The van der Waals surface area contributed by atoms with E-state index in [9.17, 15) is 4.79 Å². The molecule has 5 nitrogen and oxygen atoms in total. The molecular formula is C9H20N4O. The minimum Gasteiger partial charge on any atom is -0.370 e. The number of guanidine groups is 1. The van der Waals surface area contributed by atoms with Gasteiger partial charge in [-0.05, 0) is 27.7 Å². The van der Waals surface area contributed by atoms with E-state index in [1.165, 1.54) is 6.92 Å². The molecule has 0 spiro atoms. The second-order valence-corrected chi connectivity index (χ2v) is 4.35. The van der Waals surface area contributed by atoms with Gasteiger partial charge < -0.3 is 16.4 Å². The fourth-order valence-corrected chi connectivity index (χ4v) is 1.03. The van der Waals surface area contributed by atoms with Crippen molar-refractivity contribution in [2.45, 2.75) is 39.3 Å². The number of nitrogens with one attached hydrogen (secondary N) is 3. The molecule has 0 aromatic carbocycles. The summed E-state index contributed by atoms with van der Waals surface area (Å²) in [6.07, 6.45) is 0. The first kappa shape index (κ1) is 12.9. The van der Waals surface area contributed by atoms with Crippen molar-refractivity contribution in [2.24, 2.45) is 5.73 Å². The third kappa shape index (κ3) is 6.42. The Morgan fingerprint density at radius 1 is 1.50 bits per heavy atom. The average Bonchev–Trinajstić information content (AvgIpc) is 1.94. The van der Waals surface area contributed by atoms with Crippen LogP contribution in [0.4, 0.5) is 0 Å². The number of hydrogen-bond donors (Lipinski definition) is 4. The largest absolute Gasteiger partial charge is 0.370 e. The van der Waals surface area contributed by atoms with Gasteiger partial charge in [0.1, 0.15) is 5.78 Å². The summed E-state index contributed by atoms with van der Waals surface area (Å²) in [6.45, 7) is 7.82. The van der Waals surface area contributed by atoms with Crippen LogP contribution < -0.4 is 16.4 Å². The molecule has 0 aromatic heterocycles.